The second-order valence-corrected chi connectivity index (χ2v) is 2.71. The summed E-state index contributed by atoms with van der Waals surface area (Å²) in [5.41, 5.74) is 5.19. The molecule has 0 rings (SSSR count). The van der Waals surface area contributed by atoms with Gasteiger partial charge in [0.05, 0.1) is 0 Å². The molecule has 1 atom stereocenters. The van der Waals surface area contributed by atoms with E-state index in [-0.39, 0.29) is 7.43 Å². The summed E-state index contributed by atoms with van der Waals surface area (Å²) in [5, 5.41) is 8.27. The number of hydrogen-bond acceptors (Lipinski definition) is 3. The van der Waals surface area contributed by atoms with Crippen molar-refractivity contribution in [3.8, 4) is 0 Å². The van der Waals surface area contributed by atoms with Crippen molar-refractivity contribution >= 4 is 17.7 Å². The van der Waals surface area contributed by atoms with Gasteiger partial charge in [0.25, 0.3) is 0 Å². The van der Waals surface area contributed by atoms with E-state index in [1.807, 2.05) is 6.26 Å². The van der Waals surface area contributed by atoms with E-state index in [4.69, 9.17) is 10.8 Å². The predicted octanol–water partition coefficient (Wildman–Crippen LogP) is 0.787. The number of rotatable bonds is 4. The molecule has 0 radical (unpaired) electrons. The molecular formula is C6H15NO2S. The van der Waals surface area contributed by atoms with Crippen molar-refractivity contribution in [1.82, 2.24) is 0 Å². The highest BCUT2D eigenvalue weighted by atomic mass is 32.2. The van der Waals surface area contributed by atoms with Crippen molar-refractivity contribution in [1.29, 1.82) is 0 Å². The molecule has 0 amide bonds. The molecule has 0 aliphatic rings. The van der Waals surface area contributed by atoms with E-state index in [1.165, 1.54) is 0 Å². The molecular weight excluding hydrogens is 149 g/mol. The van der Waals surface area contributed by atoms with Crippen molar-refractivity contribution in [3.63, 3.8) is 0 Å². The Hall–Kier alpha value is -0.220. The number of hydrogen-bond donors (Lipinski definition) is 2. The lowest BCUT2D eigenvalue weighted by molar-refractivity contribution is -0.138. The predicted molar refractivity (Wildman–Crippen MR) is 45.3 cm³/mol. The minimum Gasteiger partial charge on any atom is -0.480 e. The summed E-state index contributed by atoms with van der Waals surface area (Å²) in [6.45, 7) is 0. The second-order valence-electron chi connectivity index (χ2n) is 1.73. The van der Waals surface area contributed by atoms with Crippen LogP contribution >= 0.6 is 11.8 Å². The van der Waals surface area contributed by atoms with Gasteiger partial charge in [0.1, 0.15) is 6.04 Å². The van der Waals surface area contributed by atoms with Gasteiger partial charge < -0.3 is 10.8 Å². The smallest absolute Gasteiger partial charge is 0.320 e. The Morgan fingerprint density at radius 1 is 1.80 bits per heavy atom. The third-order valence-corrected chi connectivity index (χ3v) is 1.59. The largest absolute Gasteiger partial charge is 0.480 e. The third-order valence-electron chi connectivity index (χ3n) is 0.950. The lowest BCUT2D eigenvalue weighted by Crippen LogP contribution is -2.30. The highest BCUT2D eigenvalue weighted by molar-refractivity contribution is 7.98. The maximum absolute atomic E-state index is 10.1. The van der Waals surface area contributed by atoms with Crippen LogP contribution in [0.15, 0.2) is 0 Å². The molecule has 0 aromatic heterocycles. The fourth-order valence-corrected chi connectivity index (χ4v) is 0.858. The van der Waals surface area contributed by atoms with E-state index in [2.05, 4.69) is 0 Å². The van der Waals surface area contributed by atoms with Gasteiger partial charge in [0.15, 0.2) is 0 Å². The molecule has 0 saturated carbocycles. The number of nitrogens with two attached hydrogens (primary N) is 1. The van der Waals surface area contributed by atoms with Gasteiger partial charge in [-0.25, -0.2) is 0 Å². The first-order valence-corrected chi connectivity index (χ1v) is 4.05. The number of aliphatic carboxylic acids is 1. The van der Waals surface area contributed by atoms with Gasteiger partial charge in [-0.2, -0.15) is 11.8 Å². The Morgan fingerprint density at radius 3 is 2.60 bits per heavy atom. The van der Waals surface area contributed by atoms with Crippen LogP contribution in [0.4, 0.5) is 0 Å². The van der Waals surface area contributed by atoms with Crippen LogP contribution in [0, 0.1) is 0 Å². The zero-order valence-electron chi connectivity index (χ0n) is 5.33. The van der Waals surface area contributed by atoms with E-state index >= 15 is 0 Å². The molecule has 0 aliphatic carbocycles. The van der Waals surface area contributed by atoms with E-state index in [0.717, 1.165) is 5.75 Å². The molecule has 0 aromatic carbocycles. The number of carbonyl (C=O) groups is 1. The fourth-order valence-electron chi connectivity index (χ4n) is 0.368. The molecule has 0 aromatic rings. The summed E-state index contributed by atoms with van der Waals surface area (Å²) >= 11 is 1.60. The zero-order valence-corrected chi connectivity index (χ0v) is 6.15. The molecule has 0 heterocycles. The van der Waals surface area contributed by atoms with Gasteiger partial charge >= 0.3 is 5.97 Å². The van der Waals surface area contributed by atoms with Gasteiger partial charge in [-0.15, -0.1) is 0 Å². The molecule has 0 bridgehead atoms. The van der Waals surface area contributed by atoms with Crippen molar-refractivity contribution in [2.75, 3.05) is 12.0 Å². The average Bonchev–Trinajstić information content (AvgIpc) is 1.82. The molecule has 0 spiro atoms. The first-order valence-electron chi connectivity index (χ1n) is 2.65. The molecule has 3 nitrogen and oxygen atoms in total. The summed E-state index contributed by atoms with van der Waals surface area (Å²) in [7, 11) is 0. The quantitative estimate of drug-likeness (QED) is 0.644. The van der Waals surface area contributed by atoms with Crippen LogP contribution in [0.1, 0.15) is 13.8 Å². The number of thioether (sulfide) groups is 1. The van der Waals surface area contributed by atoms with E-state index < -0.39 is 12.0 Å². The van der Waals surface area contributed by atoms with Crippen molar-refractivity contribution in [2.45, 2.75) is 19.9 Å². The maximum Gasteiger partial charge on any atom is 0.320 e. The van der Waals surface area contributed by atoms with Gasteiger partial charge in [0.2, 0.25) is 0 Å². The molecule has 0 saturated heterocycles. The molecule has 3 N–H and O–H groups in total. The molecule has 10 heavy (non-hydrogen) atoms. The van der Waals surface area contributed by atoms with Crippen molar-refractivity contribution < 1.29 is 9.90 Å². The molecule has 4 heteroatoms. The Labute approximate surface area is 66.0 Å². The lowest BCUT2D eigenvalue weighted by Gasteiger charge is -2.02. The summed E-state index contributed by atoms with van der Waals surface area (Å²) < 4.78 is 0. The van der Waals surface area contributed by atoms with Crippen LogP contribution in [0.2, 0.25) is 0 Å². The first kappa shape index (κ1) is 12.5. The number of carboxylic acids is 1. The van der Waals surface area contributed by atoms with Crippen LogP contribution in [0.25, 0.3) is 0 Å². The van der Waals surface area contributed by atoms with Crippen molar-refractivity contribution in [3.05, 3.63) is 0 Å². The maximum atomic E-state index is 10.1. The molecule has 62 valence electrons. The monoisotopic (exact) mass is 164 g/mol. The second kappa shape index (κ2) is 6.89. The summed E-state index contributed by atoms with van der Waals surface area (Å²) in [6, 6.07) is -0.683. The van der Waals surface area contributed by atoms with Crippen LogP contribution in [-0.4, -0.2) is 29.1 Å². The minimum atomic E-state index is -0.913. The van der Waals surface area contributed by atoms with Crippen LogP contribution in [-0.2, 0) is 4.79 Å². The van der Waals surface area contributed by atoms with Crippen molar-refractivity contribution in [2.24, 2.45) is 5.73 Å². The Morgan fingerprint density at radius 2 is 2.30 bits per heavy atom. The van der Waals surface area contributed by atoms with Crippen LogP contribution < -0.4 is 5.73 Å². The molecule has 0 aliphatic heterocycles. The third kappa shape index (κ3) is 5.91. The van der Waals surface area contributed by atoms with E-state index in [1.54, 1.807) is 11.8 Å². The highest BCUT2D eigenvalue weighted by Gasteiger charge is 2.08. The average molecular weight is 164 g/mol. The molecule has 0 fully saturated rings. The Kier molecular flexibility index (Phi) is 8.59. The first-order chi connectivity index (χ1) is 4.18. The van der Waals surface area contributed by atoms with Gasteiger partial charge in [-0.3, -0.25) is 4.79 Å². The Balaban J connectivity index is 0. The van der Waals surface area contributed by atoms with E-state index in [9.17, 15) is 4.79 Å². The summed E-state index contributed by atoms with van der Waals surface area (Å²) in [4.78, 5) is 10.1. The molecule has 0 unspecified atom stereocenters. The lowest BCUT2D eigenvalue weighted by atomic mass is 10.2. The van der Waals surface area contributed by atoms with Crippen LogP contribution in [0.3, 0.4) is 0 Å². The summed E-state index contributed by atoms with van der Waals surface area (Å²) in [5.74, 6) is -0.1000. The van der Waals surface area contributed by atoms with Crippen LogP contribution in [0.5, 0.6) is 0 Å². The standard InChI is InChI=1S/C5H11NO2S.CH4/c1-9-3-2-4(6)5(7)8;/h4H,2-3,6H2,1H3,(H,7,8);1H4/t4-;/m0./s1/i;1-1. The SMILES string of the molecule is CSCC[C@H](N)C(=O)O.[11CH4]. The zero-order chi connectivity index (χ0) is 7.28. The number of carboxylic acid groups (broad SMARTS) is 1. The topological polar surface area (TPSA) is 63.3 Å². The highest BCUT2D eigenvalue weighted by Crippen LogP contribution is 1.97. The van der Waals surface area contributed by atoms with Gasteiger partial charge in [-0.1, -0.05) is 7.43 Å². The van der Waals surface area contributed by atoms with E-state index in [0.29, 0.717) is 6.42 Å². The van der Waals surface area contributed by atoms with Gasteiger partial charge in [0, 0.05) is 0 Å². The minimum absolute atomic E-state index is 0. The normalized spacial score (nSPS) is 11.8. The Bertz CT molecular complexity index is 97.7. The fraction of sp³-hybridized carbons (Fsp3) is 0.833. The van der Waals surface area contributed by atoms with Gasteiger partial charge in [-0.05, 0) is 18.4 Å². The summed E-state index contributed by atoms with van der Waals surface area (Å²) in [6.07, 6.45) is 2.48.